The first kappa shape index (κ1) is 16.8. The average molecular weight is 296 g/mol. The summed E-state index contributed by atoms with van der Waals surface area (Å²) in [4.78, 5) is 14.8. The van der Waals surface area contributed by atoms with Crippen LogP contribution in [0.15, 0.2) is 0 Å². The largest absolute Gasteiger partial charge is 0.378 e. The number of ether oxygens (including phenoxy) is 1. The molecule has 122 valence electrons. The van der Waals surface area contributed by atoms with Gasteiger partial charge in [0.2, 0.25) is 5.91 Å². The van der Waals surface area contributed by atoms with Gasteiger partial charge in [-0.2, -0.15) is 0 Å². The molecule has 1 heterocycles. The summed E-state index contributed by atoms with van der Waals surface area (Å²) in [5.41, 5.74) is 0.160. The summed E-state index contributed by atoms with van der Waals surface area (Å²) in [7, 11) is 2.01. The van der Waals surface area contributed by atoms with Crippen LogP contribution in [0.3, 0.4) is 0 Å². The van der Waals surface area contributed by atoms with Crippen LogP contribution in [0.5, 0.6) is 0 Å². The summed E-state index contributed by atoms with van der Waals surface area (Å²) in [6, 6.07) is 0.353. The molecule has 21 heavy (non-hydrogen) atoms. The molecule has 0 radical (unpaired) electrons. The first-order chi connectivity index (χ1) is 10.1. The van der Waals surface area contributed by atoms with Gasteiger partial charge in [0.05, 0.1) is 6.10 Å². The fourth-order valence-corrected chi connectivity index (χ4v) is 4.39. The molecule has 2 aliphatic rings. The van der Waals surface area contributed by atoms with E-state index in [0.29, 0.717) is 18.1 Å². The van der Waals surface area contributed by atoms with Gasteiger partial charge in [-0.15, -0.1) is 0 Å². The van der Waals surface area contributed by atoms with E-state index in [2.05, 4.69) is 31.0 Å². The Labute approximate surface area is 129 Å². The van der Waals surface area contributed by atoms with Gasteiger partial charge in [0.25, 0.3) is 0 Å². The zero-order valence-corrected chi connectivity index (χ0v) is 14.2. The molecule has 0 unspecified atom stereocenters. The Kier molecular flexibility index (Phi) is 5.67. The van der Waals surface area contributed by atoms with Crippen LogP contribution < -0.4 is 5.32 Å². The van der Waals surface area contributed by atoms with Crippen molar-refractivity contribution >= 4 is 5.91 Å². The number of amides is 1. The van der Waals surface area contributed by atoms with Crippen LogP contribution >= 0.6 is 0 Å². The highest BCUT2D eigenvalue weighted by atomic mass is 16.5. The molecular weight excluding hydrogens is 264 g/mol. The summed E-state index contributed by atoms with van der Waals surface area (Å²) in [5, 5.41) is 3.34. The number of carbonyl (C=O) groups is 1. The predicted molar refractivity (Wildman–Crippen MR) is 85.2 cm³/mol. The summed E-state index contributed by atoms with van der Waals surface area (Å²) < 4.78 is 5.93. The van der Waals surface area contributed by atoms with Gasteiger partial charge in [-0.1, -0.05) is 13.8 Å². The molecule has 1 aliphatic carbocycles. The van der Waals surface area contributed by atoms with Gasteiger partial charge in [0.15, 0.2) is 0 Å². The van der Waals surface area contributed by atoms with Crippen molar-refractivity contribution in [2.45, 2.75) is 65.0 Å². The standard InChI is InChI=1S/C17H32N2O2/c1-5-17(6-2)14(12-15(17)21-7-3)19(4)16(20)13-8-10-18-11-9-13/h13-15,18H,5-12H2,1-4H3/t14-,15-/m1/s1. The van der Waals surface area contributed by atoms with Gasteiger partial charge < -0.3 is 15.0 Å². The topological polar surface area (TPSA) is 41.6 Å². The Bertz CT molecular complexity index is 349. The van der Waals surface area contributed by atoms with Crippen LogP contribution in [-0.2, 0) is 9.53 Å². The third-order valence-electron chi connectivity index (χ3n) is 5.93. The first-order valence-corrected chi connectivity index (χ1v) is 8.69. The van der Waals surface area contributed by atoms with Gasteiger partial charge >= 0.3 is 0 Å². The third kappa shape index (κ3) is 2.98. The lowest BCUT2D eigenvalue weighted by atomic mass is 9.58. The zero-order valence-electron chi connectivity index (χ0n) is 14.2. The number of rotatable bonds is 6. The number of piperidine rings is 1. The lowest BCUT2D eigenvalue weighted by molar-refractivity contribution is -0.179. The summed E-state index contributed by atoms with van der Waals surface area (Å²) in [6.07, 6.45) is 5.46. The summed E-state index contributed by atoms with van der Waals surface area (Å²) in [6.45, 7) is 9.26. The second kappa shape index (κ2) is 7.10. The molecule has 1 saturated heterocycles. The maximum Gasteiger partial charge on any atom is 0.225 e. The lowest BCUT2D eigenvalue weighted by Crippen LogP contribution is -2.65. The average Bonchev–Trinajstić information content (AvgIpc) is 2.52. The highest BCUT2D eigenvalue weighted by Crippen LogP contribution is 2.51. The van der Waals surface area contributed by atoms with E-state index >= 15 is 0 Å². The number of hydrogen-bond acceptors (Lipinski definition) is 3. The summed E-state index contributed by atoms with van der Waals surface area (Å²) >= 11 is 0. The van der Waals surface area contributed by atoms with Crippen molar-refractivity contribution in [2.75, 3.05) is 26.7 Å². The van der Waals surface area contributed by atoms with Gasteiger partial charge in [0.1, 0.15) is 0 Å². The van der Waals surface area contributed by atoms with Gasteiger partial charge in [-0.25, -0.2) is 0 Å². The molecule has 1 aliphatic heterocycles. The van der Waals surface area contributed by atoms with E-state index in [-0.39, 0.29) is 11.3 Å². The minimum atomic E-state index is 0.160. The molecular formula is C17H32N2O2. The second-order valence-corrected chi connectivity index (χ2v) is 6.61. The van der Waals surface area contributed by atoms with E-state index in [1.807, 2.05) is 7.05 Å². The highest BCUT2D eigenvalue weighted by Gasteiger charge is 2.56. The fourth-order valence-electron chi connectivity index (χ4n) is 4.39. The van der Waals surface area contributed by atoms with E-state index in [1.54, 1.807) is 0 Å². The molecule has 4 nitrogen and oxygen atoms in total. The van der Waals surface area contributed by atoms with Crippen molar-refractivity contribution in [3.05, 3.63) is 0 Å². The molecule has 2 rings (SSSR count). The Hall–Kier alpha value is -0.610. The molecule has 1 amide bonds. The molecule has 0 bridgehead atoms. The van der Waals surface area contributed by atoms with Crippen molar-refractivity contribution in [1.29, 1.82) is 0 Å². The molecule has 0 aromatic heterocycles. The van der Waals surface area contributed by atoms with E-state index in [4.69, 9.17) is 4.74 Å². The SMILES string of the molecule is CCO[C@@H]1C[C@@H](N(C)C(=O)C2CCNCC2)C1(CC)CC. The monoisotopic (exact) mass is 296 g/mol. The summed E-state index contributed by atoms with van der Waals surface area (Å²) in [5.74, 6) is 0.566. The Morgan fingerprint density at radius 1 is 1.24 bits per heavy atom. The number of carbonyl (C=O) groups excluding carboxylic acids is 1. The lowest BCUT2D eigenvalue weighted by Gasteiger charge is -2.58. The van der Waals surface area contributed by atoms with E-state index < -0.39 is 0 Å². The smallest absolute Gasteiger partial charge is 0.225 e. The minimum absolute atomic E-state index is 0.160. The van der Waals surface area contributed by atoms with Crippen LogP contribution in [-0.4, -0.2) is 49.7 Å². The third-order valence-corrected chi connectivity index (χ3v) is 5.93. The molecule has 0 spiro atoms. The number of hydrogen-bond donors (Lipinski definition) is 1. The molecule has 2 atom stereocenters. The molecule has 1 saturated carbocycles. The van der Waals surface area contributed by atoms with E-state index in [9.17, 15) is 4.79 Å². The maximum absolute atomic E-state index is 12.8. The van der Waals surface area contributed by atoms with Crippen LogP contribution in [0.4, 0.5) is 0 Å². The Morgan fingerprint density at radius 2 is 1.86 bits per heavy atom. The van der Waals surface area contributed by atoms with E-state index in [0.717, 1.165) is 51.8 Å². The quantitative estimate of drug-likeness (QED) is 0.818. The van der Waals surface area contributed by atoms with Crippen LogP contribution in [0.1, 0.15) is 52.9 Å². The zero-order chi connectivity index (χ0) is 15.5. The Balaban J connectivity index is 2.04. The number of nitrogens with one attached hydrogen (secondary N) is 1. The highest BCUT2D eigenvalue weighted by molar-refractivity contribution is 5.79. The molecule has 2 fully saturated rings. The fraction of sp³-hybridized carbons (Fsp3) is 0.941. The molecule has 0 aromatic carbocycles. The second-order valence-electron chi connectivity index (χ2n) is 6.61. The van der Waals surface area contributed by atoms with Crippen molar-refractivity contribution in [1.82, 2.24) is 10.2 Å². The van der Waals surface area contributed by atoms with Crippen molar-refractivity contribution in [3.8, 4) is 0 Å². The molecule has 1 N–H and O–H groups in total. The van der Waals surface area contributed by atoms with E-state index in [1.165, 1.54) is 0 Å². The van der Waals surface area contributed by atoms with Gasteiger partial charge in [-0.05, 0) is 52.1 Å². The first-order valence-electron chi connectivity index (χ1n) is 8.69. The van der Waals surface area contributed by atoms with Gasteiger partial charge in [-0.3, -0.25) is 4.79 Å². The van der Waals surface area contributed by atoms with Crippen molar-refractivity contribution in [2.24, 2.45) is 11.3 Å². The van der Waals surface area contributed by atoms with Crippen LogP contribution in [0.2, 0.25) is 0 Å². The predicted octanol–water partition coefficient (Wildman–Crippen LogP) is 2.43. The van der Waals surface area contributed by atoms with Crippen LogP contribution in [0.25, 0.3) is 0 Å². The molecule has 0 aromatic rings. The minimum Gasteiger partial charge on any atom is -0.378 e. The van der Waals surface area contributed by atoms with Crippen molar-refractivity contribution in [3.63, 3.8) is 0 Å². The van der Waals surface area contributed by atoms with Crippen LogP contribution in [0, 0.1) is 11.3 Å². The normalized spacial score (nSPS) is 29.0. The Morgan fingerprint density at radius 3 is 2.38 bits per heavy atom. The molecule has 4 heteroatoms. The van der Waals surface area contributed by atoms with Crippen molar-refractivity contribution < 1.29 is 9.53 Å². The maximum atomic E-state index is 12.8. The van der Waals surface area contributed by atoms with Gasteiger partial charge in [0, 0.05) is 31.0 Å². The number of nitrogens with zero attached hydrogens (tertiary/aromatic N) is 1.